The first-order chi connectivity index (χ1) is 28.8. The van der Waals surface area contributed by atoms with E-state index in [0.717, 1.165) is 44.9 Å². The van der Waals surface area contributed by atoms with Gasteiger partial charge in [0.15, 0.2) is 0 Å². The van der Waals surface area contributed by atoms with E-state index in [9.17, 15) is 0 Å². The summed E-state index contributed by atoms with van der Waals surface area (Å²) in [6.07, 6.45) is 0. The fraction of sp³-hybridized carbons (Fsp3) is 0. The van der Waals surface area contributed by atoms with Gasteiger partial charge >= 0.3 is 0 Å². The minimum absolute atomic E-state index is 0.895. The van der Waals surface area contributed by atoms with Crippen molar-refractivity contribution in [1.29, 1.82) is 0 Å². The molecule has 0 unspecified atom stereocenters. The van der Waals surface area contributed by atoms with Crippen LogP contribution < -0.4 is 9.47 Å². The maximum atomic E-state index is 6.54. The molecule has 0 amide bonds. The highest BCUT2D eigenvalue weighted by Crippen LogP contribution is 2.52. The van der Waals surface area contributed by atoms with E-state index in [-0.39, 0.29) is 0 Å². The van der Waals surface area contributed by atoms with Gasteiger partial charge in [0.2, 0.25) is 0 Å². The third kappa shape index (κ3) is 4.37. The topological polar surface area (TPSA) is 18.5 Å². The molecular weight excluding hydrogens is 705 g/mol. The summed E-state index contributed by atoms with van der Waals surface area (Å²) in [6, 6.07) is 70.4. The van der Waals surface area contributed by atoms with Gasteiger partial charge in [0, 0.05) is 21.9 Å². The third-order valence-corrected chi connectivity index (χ3v) is 12.5. The summed E-state index contributed by atoms with van der Waals surface area (Å²) < 4.78 is 13.1. The van der Waals surface area contributed by atoms with E-state index in [2.05, 4.69) is 182 Å². The van der Waals surface area contributed by atoms with Gasteiger partial charge in [0.1, 0.15) is 23.0 Å². The van der Waals surface area contributed by atoms with E-state index >= 15 is 0 Å². The van der Waals surface area contributed by atoms with Gasteiger partial charge < -0.3 is 9.47 Å². The van der Waals surface area contributed by atoms with E-state index in [0.29, 0.717) is 0 Å². The highest BCUT2D eigenvalue weighted by molar-refractivity contribution is 6.24. The van der Waals surface area contributed by atoms with Crippen molar-refractivity contribution in [1.82, 2.24) is 0 Å². The molecule has 0 radical (unpaired) electrons. The van der Waals surface area contributed by atoms with Crippen LogP contribution in [0.5, 0.6) is 23.0 Å². The van der Waals surface area contributed by atoms with Gasteiger partial charge in [-0.1, -0.05) is 164 Å². The Labute approximate surface area is 334 Å². The maximum Gasteiger partial charge on any atom is 0.135 e. The maximum absolute atomic E-state index is 6.54. The average molecular weight is 737 g/mol. The van der Waals surface area contributed by atoms with Crippen molar-refractivity contribution in [2.24, 2.45) is 0 Å². The summed E-state index contributed by atoms with van der Waals surface area (Å²) >= 11 is 0. The number of fused-ring (bicyclic) bond motifs is 7. The molecule has 0 bridgehead atoms. The van der Waals surface area contributed by atoms with Crippen molar-refractivity contribution in [2.75, 3.05) is 0 Å². The van der Waals surface area contributed by atoms with Gasteiger partial charge in [-0.2, -0.15) is 0 Å². The largest absolute Gasteiger partial charge is 0.456 e. The number of benzene rings is 11. The van der Waals surface area contributed by atoms with E-state index in [1.165, 1.54) is 87.6 Å². The minimum atomic E-state index is 0.895. The van der Waals surface area contributed by atoms with Crippen molar-refractivity contribution in [2.45, 2.75) is 0 Å². The Morgan fingerprint density at radius 2 is 0.621 bits per heavy atom. The van der Waals surface area contributed by atoms with Crippen LogP contribution in [0.1, 0.15) is 0 Å². The second-order valence-electron chi connectivity index (χ2n) is 15.5. The summed E-state index contributed by atoms with van der Waals surface area (Å²) in [5.74, 6) is 3.58. The lowest BCUT2D eigenvalue weighted by atomic mass is 9.83. The molecule has 13 rings (SSSR count). The zero-order valence-electron chi connectivity index (χ0n) is 31.3. The second kappa shape index (κ2) is 11.9. The predicted octanol–water partition coefficient (Wildman–Crippen LogP) is 16.0. The molecule has 11 aromatic carbocycles. The first-order valence-corrected chi connectivity index (χ1v) is 19.9. The van der Waals surface area contributed by atoms with E-state index in [4.69, 9.17) is 9.47 Å². The molecule has 0 N–H and O–H groups in total. The molecule has 0 aromatic heterocycles. The van der Waals surface area contributed by atoms with Crippen molar-refractivity contribution >= 4 is 53.9 Å². The predicted molar refractivity (Wildman–Crippen MR) is 241 cm³/mol. The molecule has 2 nitrogen and oxygen atoms in total. The number of hydrogen-bond donors (Lipinski definition) is 0. The smallest absolute Gasteiger partial charge is 0.135 e. The molecule has 0 saturated carbocycles. The van der Waals surface area contributed by atoms with Crippen LogP contribution >= 0.6 is 0 Å². The highest BCUT2D eigenvalue weighted by atomic mass is 16.5. The van der Waals surface area contributed by atoms with Crippen molar-refractivity contribution in [3.05, 3.63) is 194 Å². The van der Waals surface area contributed by atoms with Gasteiger partial charge in [-0.05, 0) is 118 Å². The van der Waals surface area contributed by atoms with Gasteiger partial charge in [0.05, 0.1) is 0 Å². The minimum Gasteiger partial charge on any atom is -0.456 e. The molecule has 0 atom stereocenters. The van der Waals surface area contributed by atoms with Crippen molar-refractivity contribution in [3.8, 4) is 78.6 Å². The van der Waals surface area contributed by atoms with Crippen molar-refractivity contribution < 1.29 is 9.47 Å². The number of hydrogen-bond acceptors (Lipinski definition) is 2. The molecular formula is C56H32O2. The fourth-order valence-corrected chi connectivity index (χ4v) is 10.00. The molecule has 0 spiro atoms. The summed E-state index contributed by atoms with van der Waals surface area (Å²) in [5, 5.41) is 12.0. The van der Waals surface area contributed by atoms with E-state index < -0.39 is 0 Å². The normalized spacial score (nSPS) is 12.4. The first-order valence-electron chi connectivity index (χ1n) is 19.9. The molecule has 58 heavy (non-hydrogen) atoms. The summed E-state index contributed by atoms with van der Waals surface area (Å²) in [5.41, 5.74) is 11.9. The SMILES string of the molecule is c1ccc2c(c1)Oc1ccc(-c3cccc4c(-c5cccc6ccccc56)c5cccc(-c6ccc7c8c(cccc68)Oc6ccccc6-7)c5cc34)c3cccc-2c13. The molecule has 268 valence electrons. The van der Waals surface area contributed by atoms with Crippen LogP contribution in [0.15, 0.2) is 194 Å². The Morgan fingerprint density at radius 3 is 1.31 bits per heavy atom. The molecule has 2 aliphatic heterocycles. The summed E-state index contributed by atoms with van der Waals surface area (Å²) in [7, 11) is 0. The fourth-order valence-electron chi connectivity index (χ4n) is 10.00. The Kier molecular flexibility index (Phi) is 6.47. The Hall–Kier alpha value is -7.68. The Bertz CT molecular complexity index is 3430. The highest BCUT2D eigenvalue weighted by Gasteiger charge is 2.25. The van der Waals surface area contributed by atoms with Crippen LogP contribution in [0.25, 0.3) is 109 Å². The molecule has 2 heteroatoms. The average Bonchev–Trinajstić information content (AvgIpc) is 3.28. The summed E-state index contributed by atoms with van der Waals surface area (Å²) in [6.45, 7) is 0. The lowest BCUT2D eigenvalue weighted by Crippen LogP contribution is -1.98. The quantitative estimate of drug-likeness (QED) is 0.168. The van der Waals surface area contributed by atoms with Crippen LogP contribution in [-0.2, 0) is 0 Å². The monoisotopic (exact) mass is 736 g/mol. The lowest BCUT2D eigenvalue weighted by Gasteiger charge is -2.24. The zero-order valence-corrected chi connectivity index (χ0v) is 31.3. The summed E-state index contributed by atoms with van der Waals surface area (Å²) in [4.78, 5) is 0. The molecule has 11 aromatic rings. The van der Waals surface area contributed by atoms with Gasteiger partial charge in [-0.25, -0.2) is 0 Å². The van der Waals surface area contributed by atoms with Crippen molar-refractivity contribution in [3.63, 3.8) is 0 Å². The Morgan fingerprint density at radius 1 is 0.224 bits per heavy atom. The lowest BCUT2D eigenvalue weighted by molar-refractivity contribution is 0.487. The van der Waals surface area contributed by atoms with E-state index in [1.807, 2.05) is 12.1 Å². The number of ether oxygens (including phenoxy) is 2. The number of para-hydroxylation sites is 2. The van der Waals surface area contributed by atoms with Crippen LogP contribution in [0, 0.1) is 0 Å². The van der Waals surface area contributed by atoms with Gasteiger partial charge in [-0.3, -0.25) is 0 Å². The van der Waals surface area contributed by atoms with E-state index in [1.54, 1.807) is 0 Å². The Balaban J connectivity index is 1.14. The van der Waals surface area contributed by atoms with Crippen LogP contribution in [0.4, 0.5) is 0 Å². The number of rotatable bonds is 3. The van der Waals surface area contributed by atoms with Gasteiger partial charge in [0.25, 0.3) is 0 Å². The van der Waals surface area contributed by atoms with Crippen LogP contribution in [0.3, 0.4) is 0 Å². The van der Waals surface area contributed by atoms with Gasteiger partial charge in [-0.15, -0.1) is 0 Å². The zero-order chi connectivity index (χ0) is 37.9. The molecule has 0 fully saturated rings. The molecule has 2 aliphatic rings. The standard InChI is InChI=1S/C56H32O2/c1-2-14-34-33(12-1)13-7-19-41(34)54-45-22-8-17-35(37-28-29-47-40-16-4-6-26-51(40)57-52-27-11-24-43(37)56(47)52)48(45)32-49-36(18-9-23-46(49)54)38-30-31-53-55-42(38)20-10-21-44(55)39-15-3-5-25-50(39)58-53/h1-32H. The first kappa shape index (κ1) is 31.5. The molecule has 2 heterocycles. The second-order valence-corrected chi connectivity index (χ2v) is 15.5. The van der Waals surface area contributed by atoms with Crippen LogP contribution in [-0.4, -0.2) is 0 Å². The third-order valence-electron chi connectivity index (χ3n) is 12.5. The molecule has 0 aliphatic carbocycles. The van der Waals surface area contributed by atoms with Crippen LogP contribution in [0.2, 0.25) is 0 Å². The molecule has 0 saturated heterocycles.